The number of hydrogen-bond acceptors (Lipinski definition) is 2. The van der Waals surface area contributed by atoms with Gasteiger partial charge < -0.3 is 9.47 Å². The van der Waals surface area contributed by atoms with E-state index in [0.717, 1.165) is 19.4 Å². The highest BCUT2D eigenvalue weighted by atomic mass is 35.5. The quantitative estimate of drug-likeness (QED) is 0.625. The molecule has 1 fully saturated rings. The van der Waals surface area contributed by atoms with Crippen LogP contribution in [0.4, 0.5) is 4.39 Å². The molecule has 0 spiro atoms. The van der Waals surface area contributed by atoms with Gasteiger partial charge in [-0.2, -0.15) is 0 Å². The second-order valence-corrected chi connectivity index (χ2v) is 4.72. The van der Waals surface area contributed by atoms with Crippen LogP contribution in [0.2, 0.25) is 0 Å². The Morgan fingerprint density at radius 2 is 2.37 bits per heavy atom. The maximum absolute atomic E-state index is 13.3. The summed E-state index contributed by atoms with van der Waals surface area (Å²) in [6, 6.07) is 4.39. The highest BCUT2D eigenvalue weighted by Gasteiger charge is 2.17. The molecular weight excluding hydrogens is 267 g/mol. The molecule has 0 saturated carbocycles. The number of ether oxygens (including phenoxy) is 2. The molecule has 2 rings (SSSR count). The number of alkyl halides is 1. The predicted molar refractivity (Wildman–Crippen MR) is 73.1 cm³/mol. The van der Waals surface area contributed by atoms with Crippen molar-refractivity contribution in [1.82, 2.24) is 0 Å². The number of benzene rings is 1. The molecule has 0 radical (unpaired) electrons. The molecule has 1 aromatic carbocycles. The maximum Gasteiger partial charge on any atom is 0.138 e. The highest BCUT2D eigenvalue weighted by molar-refractivity contribution is 6.18. The summed E-state index contributed by atoms with van der Waals surface area (Å²) in [4.78, 5) is 0. The molecule has 0 bridgehead atoms. The molecule has 19 heavy (non-hydrogen) atoms. The minimum absolute atomic E-state index is 0.0240. The monoisotopic (exact) mass is 282 g/mol. The number of halogens is 2. The van der Waals surface area contributed by atoms with E-state index in [2.05, 4.69) is 11.8 Å². The van der Waals surface area contributed by atoms with Crippen LogP contribution in [0.5, 0.6) is 5.75 Å². The third-order valence-electron chi connectivity index (χ3n) is 2.80. The van der Waals surface area contributed by atoms with E-state index in [1.165, 1.54) is 12.1 Å². The Morgan fingerprint density at radius 1 is 1.47 bits per heavy atom. The van der Waals surface area contributed by atoms with Crippen LogP contribution in [-0.2, 0) is 4.74 Å². The van der Waals surface area contributed by atoms with Gasteiger partial charge in [-0.15, -0.1) is 11.6 Å². The fraction of sp³-hybridized carbons (Fsp3) is 0.467. The van der Waals surface area contributed by atoms with Crippen LogP contribution < -0.4 is 4.74 Å². The van der Waals surface area contributed by atoms with Gasteiger partial charge >= 0.3 is 0 Å². The summed E-state index contributed by atoms with van der Waals surface area (Å²) in [5, 5.41) is 0. The zero-order valence-electron chi connectivity index (χ0n) is 10.6. The molecule has 1 aromatic rings. The fourth-order valence-corrected chi connectivity index (χ4v) is 1.98. The lowest BCUT2D eigenvalue weighted by Gasteiger charge is -2.23. The van der Waals surface area contributed by atoms with Gasteiger partial charge in [0, 0.05) is 25.0 Å². The van der Waals surface area contributed by atoms with Crippen molar-refractivity contribution in [1.29, 1.82) is 0 Å². The summed E-state index contributed by atoms with van der Waals surface area (Å²) in [5.74, 6) is 6.54. The molecule has 0 aliphatic carbocycles. The lowest BCUT2D eigenvalue weighted by molar-refractivity contribution is 0.00720. The van der Waals surface area contributed by atoms with Crippen LogP contribution in [0.1, 0.15) is 24.8 Å². The molecule has 1 aliphatic rings. The molecule has 2 nitrogen and oxygen atoms in total. The Balaban J connectivity index is 2.12. The van der Waals surface area contributed by atoms with Gasteiger partial charge in [-0.1, -0.05) is 11.8 Å². The molecule has 1 heterocycles. The SMILES string of the molecule is Fc1ccc(C#CCCCl)c(OC2CCCOC2)c1. The first-order valence-corrected chi connectivity index (χ1v) is 6.92. The van der Waals surface area contributed by atoms with E-state index < -0.39 is 0 Å². The standard InChI is InChI=1S/C15H16ClFO2/c16-8-2-1-4-12-6-7-13(17)10-15(12)19-14-5-3-9-18-11-14/h6-7,10,14H,2-3,5,8-9,11H2. The molecule has 0 aromatic heterocycles. The molecule has 0 amide bonds. The van der Waals surface area contributed by atoms with Gasteiger partial charge in [-0.05, 0) is 25.0 Å². The zero-order valence-corrected chi connectivity index (χ0v) is 11.4. The van der Waals surface area contributed by atoms with Crippen LogP contribution in [-0.4, -0.2) is 25.2 Å². The van der Waals surface area contributed by atoms with Crippen molar-refractivity contribution in [2.75, 3.05) is 19.1 Å². The predicted octanol–water partition coefficient (Wildman–Crippen LogP) is 3.36. The van der Waals surface area contributed by atoms with Gasteiger partial charge in [0.1, 0.15) is 17.7 Å². The van der Waals surface area contributed by atoms with Crippen LogP contribution in [0.25, 0.3) is 0 Å². The summed E-state index contributed by atoms with van der Waals surface area (Å²) < 4.78 is 24.5. The average molecular weight is 283 g/mol. The zero-order chi connectivity index (χ0) is 13.5. The highest BCUT2D eigenvalue weighted by Crippen LogP contribution is 2.23. The van der Waals surface area contributed by atoms with Crippen molar-refractivity contribution in [2.45, 2.75) is 25.4 Å². The minimum atomic E-state index is -0.324. The third-order valence-corrected chi connectivity index (χ3v) is 2.99. The van der Waals surface area contributed by atoms with Crippen molar-refractivity contribution < 1.29 is 13.9 Å². The average Bonchev–Trinajstić information content (AvgIpc) is 2.43. The van der Waals surface area contributed by atoms with E-state index in [4.69, 9.17) is 21.1 Å². The van der Waals surface area contributed by atoms with E-state index >= 15 is 0 Å². The van der Waals surface area contributed by atoms with E-state index in [0.29, 0.717) is 30.2 Å². The summed E-state index contributed by atoms with van der Waals surface area (Å²) in [6.45, 7) is 1.32. The van der Waals surface area contributed by atoms with Crippen molar-refractivity contribution in [3.8, 4) is 17.6 Å². The van der Waals surface area contributed by atoms with Gasteiger partial charge in [0.25, 0.3) is 0 Å². The molecule has 1 atom stereocenters. The smallest absolute Gasteiger partial charge is 0.138 e. The first kappa shape index (κ1) is 14.2. The normalized spacial score (nSPS) is 18.5. The first-order valence-electron chi connectivity index (χ1n) is 6.38. The Hall–Kier alpha value is -1.24. The molecule has 1 aliphatic heterocycles. The Kier molecular flexibility index (Phi) is 5.50. The third kappa shape index (κ3) is 4.41. The van der Waals surface area contributed by atoms with Crippen molar-refractivity contribution >= 4 is 11.6 Å². The summed E-state index contributed by atoms with van der Waals surface area (Å²) in [6.07, 6.45) is 2.47. The molecule has 1 saturated heterocycles. The van der Waals surface area contributed by atoms with E-state index in [1.54, 1.807) is 6.07 Å². The molecule has 102 valence electrons. The summed E-state index contributed by atoms with van der Waals surface area (Å²) in [5.41, 5.74) is 0.692. The van der Waals surface area contributed by atoms with Crippen LogP contribution in [0.3, 0.4) is 0 Å². The van der Waals surface area contributed by atoms with Gasteiger partial charge in [-0.3, -0.25) is 0 Å². The second-order valence-electron chi connectivity index (χ2n) is 4.34. The van der Waals surface area contributed by atoms with Crippen molar-refractivity contribution in [3.05, 3.63) is 29.6 Å². The topological polar surface area (TPSA) is 18.5 Å². The summed E-state index contributed by atoms with van der Waals surface area (Å²) in [7, 11) is 0. The lowest BCUT2D eigenvalue weighted by Crippen LogP contribution is -2.28. The van der Waals surface area contributed by atoms with E-state index in [9.17, 15) is 4.39 Å². The van der Waals surface area contributed by atoms with E-state index in [-0.39, 0.29) is 11.9 Å². The van der Waals surface area contributed by atoms with Gasteiger partial charge in [-0.25, -0.2) is 4.39 Å². The largest absolute Gasteiger partial charge is 0.487 e. The van der Waals surface area contributed by atoms with Crippen LogP contribution >= 0.6 is 11.6 Å². The second kappa shape index (κ2) is 7.37. The maximum atomic E-state index is 13.3. The van der Waals surface area contributed by atoms with Gasteiger partial charge in [0.15, 0.2) is 0 Å². The van der Waals surface area contributed by atoms with Gasteiger partial charge in [0.05, 0.1) is 12.2 Å². The first-order chi connectivity index (χ1) is 9.29. The Bertz CT molecular complexity index is 473. The Morgan fingerprint density at radius 3 is 3.11 bits per heavy atom. The van der Waals surface area contributed by atoms with Crippen LogP contribution in [0, 0.1) is 17.7 Å². The lowest BCUT2D eigenvalue weighted by atomic mass is 10.1. The van der Waals surface area contributed by atoms with Crippen LogP contribution in [0.15, 0.2) is 18.2 Å². The Labute approximate surface area is 117 Å². The van der Waals surface area contributed by atoms with Crippen molar-refractivity contribution in [2.24, 2.45) is 0 Å². The fourth-order valence-electron chi connectivity index (χ4n) is 1.89. The van der Waals surface area contributed by atoms with Crippen molar-refractivity contribution in [3.63, 3.8) is 0 Å². The molecule has 1 unspecified atom stereocenters. The molecular formula is C15H16ClFO2. The number of rotatable bonds is 3. The minimum Gasteiger partial charge on any atom is -0.487 e. The molecule has 0 N–H and O–H groups in total. The van der Waals surface area contributed by atoms with E-state index in [1.807, 2.05) is 0 Å². The molecule has 4 heteroatoms. The number of hydrogen-bond donors (Lipinski definition) is 0. The summed E-state index contributed by atoms with van der Waals surface area (Å²) >= 11 is 5.58. The van der Waals surface area contributed by atoms with Gasteiger partial charge in [0.2, 0.25) is 0 Å².